The van der Waals surface area contributed by atoms with Crippen LogP contribution in [0, 0.1) is 5.92 Å². The summed E-state index contributed by atoms with van der Waals surface area (Å²) in [6.45, 7) is 0. The predicted octanol–water partition coefficient (Wildman–Crippen LogP) is 2.73. The fourth-order valence-electron chi connectivity index (χ4n) is 1.91. The van der Waals surface area contributed by atoms with Crippen LogP contribution in [0.25, 0.3) is 0 Å². The van der Waals surface area contributed by atoms with Crippen molar-refractivity contribution < 1.29 is 9.90 Å². The van der Waals surface area contributed by atoms with E-state index in [9.17, 15) is 4.79 Å². The quantitative estimate of drug-likeness (QED) is 0.795. The summed E-state index contributed by atoms with van der Waals surface area (Å²) in [5.74, 6) is -0.0876. The molecule has 0 aliphatic heterocycles. The monoisotopic (exact) mass is 190 g/mol. The third-order valence-electron chi connectivity index (χ3n) is 2.98. The van der Waals surface area contributed by atoms with Gasteiger partial charge in [-0.1, -0.05) is 37.5 Å². The first-order chi connectivity index (χ1) is 6.77. The van der Waals surface area contributed by atoms with Gasteiger partial charge in [-0.2, -0.15) is 0 Å². The highest BCUT2D eigenvalue weighted by molar-refractivity contribution is 5.89. The SMILES string of the molecule is O=C(O)c1ccccc1CC1CCC1. The molecule has 0 unspecified atom stereocenters. The molecule has 1 saturated carbocycles. The largest absolute Gasteiger partial charge is 0.478 e. The molecule has 2 nitrogen and oxygen atoms in total. The molecule has 0 bridgehead atoms. The average molecular weight is 190 g/mol. The summed E-state index contributed by atoms with van der Waals surface area (Å²) in [7, 11) is 0. The number of carboxylic acids is 1. The maximum Gasteiger partial charge on any atom is 0.335 e. The van der Waals surface area contributed by atoms with Crippen molar-refractivity contribution in [1.82, 2.24) is 0 Å². The van der Waals surface area contributed by atoms with Crippen LogP contribution in [0.3, 0.4) is 0 Å². The van der Waals surface area contributed by atoms with E-state index in [0.29, 0.717) is 5.56 Å². The lowest BCUT2D eigenvalue weighted by molar-refractivity contribution is 0.0695. The molecule has 1 N–H and O–H groups in total. The van der Waals surface area contributed by atoms with Gasteiger partial charge in [0.2, 0.25) is 0 Å². The Morgan fingerprint density at radius 2 is 2.07 bits per heavy atom. The van der Waals surface area contributed by atoms with Crippen LogP contribution in [0.15, 0.2) is 24.3 Å². The fraction of sp³-hybridized carbons (Fsp3) is 0.417. The van der Waals surface area contributed by atoms with Gasteiger partial charge in [-0.3, -0.25) is 0 Å². The van der Waals surface area contributed by atoms with E-state index in [-0.39, 0.29) is 0 Å². The molecule has 1 aromatic carbocycles. The molecule has 0 spiro atoms. The van der Waals surface area contributed by atoms with Crippen molar-refractivity contribution in [1.29, 1.82) is 0 Å². The number of benzene rings is 1. The Bertz CT molecular complexity index is 340. The van der Waals surface area contributed by atoms with E-state index in [1.807, 2.05) is 12.1 Å². The minimum atomic E-state index is -0.806. The number of hydrogen-bond acceptors (Lipinski definition) is 1. The standard InChI is InChI=1S/C12H14O2/c13-12(14)11-7-2-1-6-10(11)8-9-4-3-5-9/h1-2,6-7,9H,3-5,8H2,(H,13,14). The van der Waals surface area contributed by atoms with Crippen molar-refractivity contribution in [2.75, 3.05) is 0 Å². The van der Waals surface area contributed by atoms with Gasteiger partial charge in [0.15, 0.2) is 0 Å². The van der Waals surface area contributed by atoms with E-state index in [2.05, 4.69) is 0 Å². The number of rotatable bonds is 3. The lowest BCUT2D eigenvalue weighted by Crippen LogP contribution is -2.15. The van der Waals surface area contributed by atoms with E-state index in [1.54, 1.807) is 12.1 Å². The minimum Gasteiger partial charge on any atom is -0.478 e. The highest BCUT2D eigenvalue weighted by Gasteiger charge is 2.20. The first-order valence-electron chi connectivity index (χ1n) is 5.08. The Hall–Kier alpha value is -1.31. The van der Waals surface area contributed by atoms with Crippen molar-refractivity contribution >= 4 is 5.97 Å². The Kier molecular flexibility index (Phi) is 2.53. The summed E-state index contributed by atoms with van der Waals surface area (Å²) < 4.78 is 0. The van der Waals surface area contributed by atoms with Crippen LogP contribution in [0.1, 0.15) is 35.2 Å². The van der Waals surface area contributed by atoms with Crippen LogP contribution in [0.4, 0.5) is 0 Å². The van der Waals surface area contributed by atoms with E-state index in [1.165, 1.54) is 19.3 Å². The molecule has 0 atom stereocenters. The van der Waals surface area contributed by atoms with Crippen molar-refractivity contribution in [2.45, 2.75) is 25.7 Å². The molecule has 0 amide bonds. The lowest BCUT2D eigenvalue weighted by Gasteiger charge is -2.25. The Morgan fingerprint density at radius 1 is 1.36 bits per heavy atom. The molecule has 0 heterocycles. The summed E-state index contributed by atoms with van der Waals surface area (Å²) in [6.07, 6.45) is 4.75. The Morgan fingerprint density at radius 3 is 2.64 bits per heavy atom. The predicted molar refractivity (Wildman–Crippen MR) is 54.4 cm³/mol. The Labute approximate surface area is 83.6 Å². The van der Waals surface area contributed by atoms with Gasteiger partial charge in [0.25, 0.3) is 0 Å². The molecule has 2 heteroatoms. The number of aromatic carboxylic acids is 1. The van der Waals surface area contributed by atoms with Gasteiger partial charge in [-0.05, 0) is 24.0 Å². The summed E-state index contributed by atoms with van der Waals surface area (Å²) in [5.41, 5.74) is 1.46. The van der Waals surface area contributed by atoms with E-state index < -0.39 is 5.97 Å². The number of hydrogen-bond donors (Lipinski definition) is 1. The highest BCUT2D eigenvalue weighted by Crippen LogP contribution is 2.30. The van der Waals surface area contributed by atoms with Crippen molar-refractivity contribution in [3.63, 3.8) is 0 Å². The van der Waals surface area contributed by atoms with E-state index >= 15 is 0 Å². The van der Waals surface area contributed by atoms with Gasteiger partial charge in [0.05, 0.1) is 5.56 Å². The second-order valence-electron chi connectivity index (χ2n) is 3.96. The van der Waals surface area contributed by atoms with Gasteiger partial charge in [-0.25, -0.2) is 4.79 Å². The van der Waals surface area contributed by atoms with Crippen molar-refractivity contribution in [2.24, 2.45) is 5.92 Å². The topological polar surface area (TPSA) is 37.3 Å². The highest BCUT2D eigenvalue weighted by atomic mass is 16.4. The van der Waals surface area contributed by atoms with E-state index in [4.69, 9.17) is 5.11 Å². The summed E-state index contributed by atoms with van der Waals surface area (Å²) in [5, 5.41) is 8.97. The molecule has 14 heavy (non-hydrogen) atoms. The first-order valence-corrected chi connectivity index (χ1v) is 5.08. The smallest absolute Gasteiger partial charge is 0.335 e. The van der Waals surface area contributed by atoms with Gasteiger partial charge < -0.3 is 5.11 Å². The molecule has 1 aromatic rings. The molecule has 0 radical (unpaired) electrons. The molecule has 0 saturated heterocycles. The summed E-state index contributed by atoms with van der Waals surface area (Å²) >= 11 is 0. The molecule has 74 valence electrons. The zero-order chi connectivity index (χ0) is 9.97. The second-order valence-corrected chi connectivity index (χ2v) is 3.96. The molecule has 2 rings (SSSR count). The third kappa shape index (κ3) is 1.79. The number of carbonyl (C=O) groups is 1. The molecule has 1 fully saturated rings. The maximum atomic E-state index is 10.9. The molecule has 1 aliphatic carbocycles. The number of carboxylic acid groups (broad SMARTS) is 1. The summed E-state index contributed by atoms with van der Waals surface area (Å²) in [6, 6.07) is 7.33. The van der Waals surface area contributed by atoms with Crippen LogP contribution in [0.2, 0.25) is 0 Å². The third-order valence-corrected chi connectivity index (χ3v) is 2.98. The maximum absolute atomic E-state index is 10.9. The fourth-order valence-corrected chi connectivity index (χ4v) is 1.91. The normalized spacial score (nSPS) is 16.3. The second kappa shape index (κ2) is 3.82. The van der Waals surface area contributed by atoms with Crippen LogP contribution < -0.4 is 0 Å². The van der Waals surface area contributed by atoms with Gasteiger partial charge in [0.1, 0.15) is 0 Å². The summed E-state index contributed by atoms with van der Waals surface area (Å²) in [4.78, 5) is 10.9. The van der Waals surface area contributed by atoms with Gasteiger partial charge in [0, 0.05) is 0 Å². The van der Waals surface area contributed by atoms with Gasteiger partial charge in [-0.15, -0.1) is 0 Å². The minimum absolute atomic E-state index is 0.472. The van der Waals surface area contributed by atoms with Crippen molar-refractivity contribution in [3.05, 3.63) is 35.4 Å². The van der Waals surface area contributed by atoms with Crippen LogP contribution in [-0.2, 0) is 6.42 Å². The molecular formula is C12H14O2. The zero-order valence-electron chi connectivity index (χ0n) is 8.07. The first kappa shape index (κ1) is 9.25. The van der Waals surface area contributed by atoms with Crippen LogP contribution >= 0.6 is 0 Å². The van der Waals surface area contributed by atoms with Crippen LogP contribution in [0.5, 0.6) is 0 Å². The average Bonchev–Trinajstić information content (AvgIpc) is 2.12. The van der Waals surface area contributed by atoms with Crippen LogP contribution in [-0.4, -0.2) is 11.1 Å². The Balaban J connectivity index is 2.17. The zero-order valence-corrected chi connectivity index (χ0v) is 8.07. The van der Waals surface area contributed by atoms with E-state index in [0.717, 1.165) is 17.9 Å². The van der Waals surface area contributed by atoms with Crippen molar-refractivity contribution in [3.8, 4) is 0 Å². The molecule has 1 aliphatic rings. The molecular weight excluding hydrogens is 176 g/mol. The molecule has 0 aromatic heterocycles. The lowest BCUT2D eigenvalue weighted by atomic mass is 9.80. The van der Waals surface area contributed by atoms with Gasteiger partial charge >= 0.3 is 5.97 Å².